The zero-order valence-corrected chi connectivity index (χ0v) is 42.1. The van der Waals surface area contributed by atoms with Gasteiger partial charge in [-0.05, 0) is 121 Å². The van der Waals surface area contributed by atoms with Crippen molar-refractivity contribution in [2.75, 3.05) is 36.3 Å². The quantitative estimate of drug-likeness (QED) is 0.0430. The number of carbonyl (C=O) groups excluding carboxylic acids is 1. The van der Waals surface area contributed by atoms with Crippen molar-refractivity contribution < 1.29 is 19.1 Å². The normalized spacial score (nSPS) is 11.7. The number of carbonyl (C=O) groups is 1. The molecule has 10 heteroatoms. The van der Waals surface area contributed by atoms with Crippen molar-refractivity contribution in [1.29, 1.82) is 0 Å². The number of ether oxygens (including phenoxy) is 2. The Morgan fingerprint density at radius 3 is 1.49 bits per heavy atom. The molecule has 0 unspecified atom stereocenters. The van der Waals surface area contributed by atoms with E-state index in [0.717, 1.165) is 66.4 Å². The van der Waals surface area contributed by atoms with Crippen molar-refractivity contribution in [3.63, 3.8) is 0 Å². The predicted molar refractivity (Wildman–Crippen MR) is 304 cm³/mol. The Balaban J connectivity index is 0.889. The van der Waals surface area contributed by atoms with Gasteiger partial charge >= 0.3 is 0 Å². The lowest BCUT2D eigenvalue weighted by Gasteiger charge is -2.23. The van der Waals surface area contributed by atoms with Crippen LogP contribution in [0, 0.1) is 0 Å². The van der Waals surface area contributed by atoms with Gasteiger partial charge in [0.1, 0.15) is 18.0 Å². The lowest BCUT2D eigenvalue weighted by Crippen LogP contribution is -2.31. The van der Waals surface area contributed by atoms with Gasteiger partial charge in [-0.2, -0.15) is 10.2 Å². The molecular formula is C64H58N6O4. The van der Waals surface area contributed by atoms with E-state index >= 15 is 0 Å². The summed E-state index contributed by atoms with van der Waals surface area (Å²) in [5.41, 5.74) is 9.77. The maximum Gasteiger partial charge on any atom is 0.262 e. The van der Waals surface area contributed by atoms with E-state index in [9.17, 15) is 4.79 Å². The average Bonchev–Trinajstić information content (AvgIpc) is 3.45. The zero-order valence-electron chi connectivity index (χ0n) is 42.1. The minimum Gasteiger partial charge on any atom is -0.491 e. The number of azo groups is 2. The SMILES string of the molecule is CCOc1c(C(=O)N(CC)c2ccccc2)cc2ccccc2c1N=Nc1cccc(C=Cc2ccc(C=Cc3cccc(/N=N\c4c(OCC)c(CON(CC)c5ccccc5)cc5ccccc45)c3)cc2)c1. The number of amides is 1. The van der Waals surface area contributed by atoms with E-state index in [4.69, 9.17) is 34.8 Å². The summed E-state index contributed by atoms with van der Waals surface area (Å²) in [5.74, 6) is 0.902. The van der Waals surface area contributed by atoms with Crippen molar-refractivity contribution in [2.45, 2.75) is 34.3 Å². The molecule has 0 spiro atoms. The number of benzene rings is 9. The van der Waals surface area contributed by atoms with E-state index in [0.29, 0.717) is 67.0 Å². The second-order valence-corrected chi connectivity index (χ2v) is 17.2. The van der Waals surface area contributed by atoms with Gasteiger partial charge in [-0.25, -0.2) is 0 Å². The van der Waals surface area contributed by atoms with E-state index in [-0.39, 0.29) is 5.91 Å². The van der Waals surface area contributed by atoms with Gasteiger partial charge in [0, 0.05) is 35.1 Å². The Kier molecular flexibility index (Phi) is 16.5. The number of hydroxylamine groups is 1. The largest absolute Gasteiger partial charge is 0.491 e. The highest BCUT2D eigenvalue weighted by atomic mass is 16.7. The molecule has 9 aromatic carbocycles. The van der Waals surface area contributed by atoms with E-state index in [1.807, 2.05) is 177 Å². The molecule has 0 N–H and O–H groups in total. The molecule has 0 aromatic heterocycles. The average molecular weight is 975 g/mol. The Morgan fingerprint density at radius 2 is 0.946 bits per heavy atom. The number of para-hydroxylation sites is 2. The van der Waals surface area contributed by atoms with Crippen LogP contribution in [0.25, 0.3) is 45.8 Å². The number of fused-ring (bicyclic) bond motifs is 2. The van der Waals surface area contributed by atoms with Gasteiger partial charge in [0.05, 0.1) is 35.8 Å². The highest BCUT2D eigenvalue weighted by molar-refractivity contribution is 6.13. The molecule has 0 aliphatic carbocycles. The Labute approximate surface area is 433 Å². The van der Waals surface area contributed by atoms with Crippen LogP contribution in [-0.4, -0.2) is 32.2 Å². The minimum absolute atomic E-state index is 0.166. The Hall–Kier alpha value is -8.99. The molecule has 1 amide bonds. The maximum atomic E-state index is 14.2. The highest BCUT2D eigenvalue weighted by Gasteiger charge is 2.25. The third-order valence-electron chi connectivity index (χ3n) is 12.3. The van der Waals surface area contributed by atoms with Gasteiger partial charge < -0.3 is 14.4 Å². The first-order valence-electron chi connectivity index (χ1n) is 25.1. The summed E-state index contributed by atoms with van der Waals surface area (Å²) in [6, 6.07) is 64.0. The molecule has 0 aliphatic heterocycles. The fourth-order valence-electron chi connectivity index (χ4n) is 8.72. The van der Waals surface area contributed by atoms with Crippen LogP contribution in [0.4, 0.5) is 34.1 Å². The molecule has 368 valence electrons. The summed E-state index contributed by atoms with van der Waals surface area (Å²) in [5, 5.41) is 24.6. The third-order valence-corrected chi connectivity index (χ3v) is 12.3. The molecule has 10 nitrogen and oxygen atoms in total. The standard InChI is InChI=1S/C64H58N6O4/c1-5-69(55-27-11-9-12-28-55)64(71)59-44-51-24-16-18-32-58(51)61(63(59)73-8-4)68-66-54-26-20-22-49(42-54)40-38-47-35-33-46(34-36-47)37-39-48-21-19-25-53(41-48)65-67-60-57-31-17-15-23-50(57)43-52(62(60)72-7-3)45-74-70(6-2)56-29-13-10-14-30-56/h9-44H,5-8,45H2,1-4H3/b39-37?,40-38?,67-65-,68-66?. The van der Waals surface area contributed by atoms with Gasteiger partial charge in [-0.15, -0.1) is 10.2 Å². The number of hydrogen-bond acceptors (Lipinski definition) is 9. The molecule has 0 saturated carbocycles. The van der Waals surface area contributed by atoms with Crippen LogP contribution in [0.3, 0.4) is 0 Å². The summed E-state index contributed by atoms with van der Waals surface area (Å²) < 4.78 is 12.5. The summed E-state index contributed by atoms with van der Waals surface area (Å²) in [7, 11) is 0. The van der Waals surface area contributed by atoms with E-state index in [1.165, 1.54) is 0 Å². The van der Waals surface area contributed by atoms with Gasteiger partial charge in [-0.3, -0.25) is 14.7 Å². The molecule has 9 aromatic rings. The number of nitrogens with zero attached hydrogens (tertiary/aromatic N) is 6. The topological polar surface area (TPSA) is 101 Å². The van der Waals surface area contributed by atoms with Crippen LogP contribution in [0.5, 0.6) is 11.5 Å². The lowest BCUT2D eigenvalue weighted by molar-refractivity contribution is 0.0953. The fourth-order valence-corrected chi connectivity index (χ4v) is 8.72. The second kappa shape index (κ2) is 24.4. The monoisotopic (exact) mass is 974 g/mol. The number of anilines is 2. The van der Waals surface area contributed by atoms with Crippen molar-refractivity contribution >= 4 is 85.9 Å². The van der Waals surface area contributed by atoms with Crippen LogP contribution >= 0.6 is 0 Å². The van der Waals surface area contributed by atoms with Gasteiger partial charge in [0.2, 0.25) is 0 Å². The van der Waals surface area contributed by atoms with Crippen LogP contribution in [0.15, 0.2) is 215 Å². The lowest BCUT2D eigenvalue weighted by atomic mass is 10.0. The molecule has 9 rings (SSSR count). The predicted octanol–water partition coefficient (Wildman–Crippen LogP) is 17.6. The van der Waals surface area contributed by atoms with Crippen molar-refractivity contribution in [3.8, 4) is 11.5 Å². The van der Waals surface area contributed by atoms with Crippen molar-refractivity contribution in [3.05, 3.63) is 228 Å². The molecule has 0 aliphatic rings. The minimum atomic E-state index is -0.166. The smallest absolute Gasteiger partial charge is 0.262 e. The zero-order chi connectivity index (χ0) is 51.1. The molecule has 0 fully saturated rings. The van der Waals surface area contributed by atoms with Gasteiger partial charge in [0.25, 0.3) is 5.91 Å². The molecule has 0 atom stereocenters. The second-order valence-electron chi connectivity index (χ2n) is 17.2. The van der Waals surface area contributed by atoms with Crippen LogP contribution in [0.1, 0.15) is 65.9 Å². The Morgan fingerprint density at radius 1 is 0.459 bits per heavy atom. The molecule has 0 bridgehead atoms. The number of hydrogen-bond donors (Lipinski definition) is 0. The maximum absolute atomic E-state index is 14.2. The molecule has 0 saturated heterocycles. The molecule has 74 heavy (non-hydrogen) atoms. The summed E-state index contributed by atoms with van der Waals surface area (Å²) in [4.78, 5) is 22.3. The van der Waals surface area contributed by atoms with Crippen molar-refractivity contribution in [1.82, 2.24) is 0 Å². The van der Waals surface area contributed by atoms with Gasteiger partial charge in [0.15, 0.2) is 11.5 Å². The first-order chi connectivity index (χ1) is 36.4. The van der Waals surface area contributed by atoms with Gasteiger partial charge in [-0.1, -0.05) is 158 Å². The molecule has 0 heterocycles. The van der Waals surface area contributed by atoms with Crippen LogP contribution < -0.4 is 19.4 Å². The molecular weight excluding hydrogens is 917 g/mol. The summed E-state index contributed by atoms with van der Waals surface area (Å²) in [6.45, 7) is 10.2. The third kappa shape index (κ3) is 12.0. The fraction of sp³-hybridized carbons (Fsp3) is 0.141. The molecule has 0 radical (unpaired) electrons. The highest BCUT2D eigenvalue weighted by Crippen LogP contribution is 2.43. The van der Waals surface area contributed by atoms with E-state index < -0.39 is 0 Å². The number of rotatable bonds is 20. The first-order valence-corrected chi connectivity index (χ1v) is 25.1. The van der Waals surface area contributed by atoms with E-state index in [2.05, 4.69) is 73.7 Å². The van der Waals surface area contributed by atoms with E-state index in [1.54, 1.807) is 4.90 Å². The summed E-state index contributed by atoms with van der Waals surface area (Å²) >= 11 is 0. The van der Waals surface area contributed by atoms with Crippen LogP contribution in [-0.2, 0) is 11.4 Å². The Bertz CT molecular complexity index is 3480. The van der Waals surface area contributed by atoms with Crippen molar-refractivity contribution in [2.24, 2.45) is 20.5 Å². The van der Waals surface area contributed by atoms with Crippen LogP contribution in [0.2, 0.25) is 0 Å². The first kappa shape index (κ1) is 50.0. The summed E-state index contributed by atoms with van der Waals surface area (Å²) in [6.07, 6.45) is 8.30.